The number of ether oxygens (including phenoxy) is 1. The minimum atomic E-state index is -0.206. The number of guanidine groups is 1. The lowest BCUT2D eigenvalue weighted by Crippen LogP contribution is -2.56. The van der Waals surface area contributed by atoms with E-state index < -0.39 is 0 Å². The number of hydrogen-bond donors (Lipinski definition) is 1. The van der Waals surface area contributed by atoms with Gasteiger partial charge in [0.15, 0.2) is 5.96 Å². The number of aliphatic imine (C=N–C) groups is 1. The molecule has 0 bridgehead atoms. The Hall–Kier alpha value is -0.610. The number of nitrogens with zero attached hydrogens (tertiary/aromatic N) is 4. The highest BCUT2D eigenvalue weighted by Crippen LogP contribution is 2.18. The number of hydrogen-bond acceptors (Lipinski definition) is 4. The van der Waals surface area contributed by atoms with Crippen molar-refractivity contribution in [3.8, 4) is 0 Å². The van der Waals surface area contributed by atoms with E-state index in [0.29, 0.717) is 6.04 Å². The summed E-state index contributed by atoms with van der Waals surface area (Å²) in [6.45, 7) is 11.8. The molecule has 3 aliphatic heterocycles. The molecule has 0 radical (unpaired) electrons. The summed E-state index contributed by atoms with van der Waals surface area (Å²) in [5.74, 6) is 1.99. The molecule has 0 aromatic rings. The van der Waals surface area contributed by atoms with Crippen molar-refractivity contribution in [2.45, 2.75) is 51.7 Å². The van der Waals surface area contributed by atoms with Gasteiger partial charge in [-0.15, -0.1) is 24.0 Å². The predicted molar refractivity (Wildman–Crippen MR) is 123 cm³/mol. The molecule has 2 atom stereocenters. The van der Waals surface area contributed by atoms with Crippen molar-refractivity contribution in [3.05, 3.63) is 0 Å². The molecule has 0 saturated carbocycles. The van der Waals surface area contributed by atoms with Gasteiger partial charge in [0, 0.05) is 52.4 Å². The minimum absolute atomic E-state index is 0. The van der Waals surface area contributed by atoms with Crippen molar-refractivity contribution in [2.75, 3.05) is 59.5 Å². The van der Waals surface area contributed by atoms with Crippen LogP contribution in [0.5, 0.6) is 0 Å². The second kappa shape index (κ2) is 11.5. The van der Waals surface area contributed by atoms with E-state index in [1.807, 2.05) is 11.9 Å². The van der Waals surface area contributed by atoms with Crippen LogP contribution in [-0.4, -0.2) is 98.2 Å². The SMILES string of the molecule is CN=C(NCC(C)N1CCC(C)CC1)N1CCN(C(=O)C2CCCO2)CC1.I. The van der Waals surface area contributed by atoms with Crippen molar-refractivity contribution in [1.82, 2.24) is 20.0 Å². The van der Waals surface area contributed by atoms with Gasteiger partial charge in [-0.25, -0.2) is 0 Å². The van der Waals surface area contributed by atoms with Gasteiger partial charge < -0.3 is 19.9 Å². The molecule has 0 aromatic carbocycles. The second-order valence-electron chi connectivity index (χ2n) is 8.31. The quantitative estimate of drug-likeness (QED) is 0.356. The number of amides is 1. The van der Waals surface area contributed by atoms with E-state index in [-0.39, 0.29) is 36.0 Å². The Bertz CT molecular complexity index is 511. The van der Waals surface area contributed by atoms with E-state index >= 15 is 0 Å². The molecule has 3 heterocycles. The molecule has 0 aliphatic carbocycles. The number of piperazine rings is 1. The standard InChI is InChI=1S/C20H37N5O2.HI/c1-16-6-8-23(9-7-16)17(2)15-22-20(21-3)25-12-10-24(11-13-25)19(26)18-5-4-14-27-18;/h16-18H,4-15H2,1-3H3,(H,21,22);1H. The van der Waals surface area contributed by atoms with Gasteiger partial charge in [-0.3, -0.25) is 14.7 Å². The third-order valence-electron chi connectivity index (χ3n) is 6.30. The van der Waals surface area contributed by atoms with E-state index in [1.165, 1.54) is 25.9 Å². The lowest BCUT2D eigenvalue weighted by atomic mass is 9.98. The molecule has 3 rings (SSSR count). The Labute approximate surface area is 187 Å². The Morgan fingerprint density at radius 2 is 1.75 bits per heavy atom. The van der Waals surface area contributed by atoms with Crippen LogP contribution < -0.4 is 5.32 Å². The maximum absolute atomic E-state index is 12.5. The van der Waals surface area contributed by atoms with Crippen molar-refractivity contribution >= 4 is 35.8 Å². The number of carbonyl (C=O) groups excluding carboxylic acids is 1. The van der Waals surface area contributed by atoms with Crippen molar-refractivity contribution in [1.29, 1.82) is 0 Å². The lowest BCUT2D eigenvalue weighted by molar-refractivity contribution is -0.142. The Kier molecular flexibility index (Phi) is 9.76. The van der Waals surface area contributed by atoms with Crippen LogP contribution in [0, 0.1) is 5.92 Å². The largest absolute Gasteiger partial charge is 0.368 e. The number of carbonyl (C=O) groups is 1. The summed E-state index contributed by atoms with van der Waals surface area (Å²) in [4.78, 5) is 23.8. The second-order valence-corrected chi connectivity index (χ2v) is 8.31. The van der Waals surface area contributed by atoms with Crippen molar-refractivity contribution in [2.24, 2.45) is 10.9 Å². The van der Waals surface area contributed by atoms with Gasteiger partial charge in [-0.05, 0) is 51.6 Å². The fraction of sp³-hybridized carbons (Fsp3) is 0.900. The van der Waals surface area contributed by atoms with Crippen LogP contribution in [0.25, 0.3) is 0 Å². The summed E-state index contributed by atoms with van der Waals surface area (Å²) in [7, 11) is 1.85. The molecule has 0 spiro atoms. The highest BCUT2D eigenvalue weighted by molar-refractivity contribution is 14.0. The minimum Gasteiger partial charge on any atom is -0.368 e. The van der Waals surface area contributed by atoms with E-state index in [0.717, 1.165) is 64.0 Å². The van der Waals surface area contributed by atoms with E-state index in [1.54, 1.807) is 0 Å². The lowest BCUT2D eigenvalue weighted by Gasteiger charge is -2.38. The molecule has 2 unspecified atom stereocenters. The Morgan fingerprint density at radius 1 is 1.11 bits per heavy atom. The van der Waals surface area contributed by atoms with Crippen LogP contribution in [0.15, 0.2) is 4.99 Å². The van der Waals surface area contributed by atoms with Gasteiger partial charge in [-0.1, -0.05) is 6.92 Å². The van der Waals surface area contributed by atoms with E-state index in [4.69, 9.17) is 4.74 Å². The van der Waals surface area contributed by atoms with Gasteiger partial charge in [0.2, 0.25) is 0 Å². The highest BCUT2D eigenvalue weighted by atomic mass is 127. The molecule has 3 saturated heterocycles. The zero-order valence-electron chi connectivity index (χ0n) is 17.7. The fourth-order valence-corrected chi connectivity index (χ4v) is 4.28. The van der Waals surface area contributed by atoms with E-state index in [2.05, 4.69) is 34.0 Å². The molecular formula is C20H38IN5O2. The van der Waals surface area contributed by atoms with E-state index in [9.17, 15) is 4.79 Å². The van der Waals surface area contributed by atoms with Crippen LogP contribution in [0.4, 0.5) is 0 Å². The molecule has 3 fully saturated rings. The van der Waals surface area contributed by atoms with Crippen LogP contribution in [0.2, 0.25) is 0 Å². The first-order valence-electron chi connectivity index (χ1n) is 10.7. The first-order chi connectivity index (χ1) is 13.1. The molecule has 7 nitrogen and oxygen atoms in total. The first-order valence-corrected chi connectivity index (χ1v) is 10.7. The number of nitrogens with one attached hydrogen (secondary N) is 1. The third-order valence-corrected chi connectivity index (χ3v) is 6.30. The molecule has 1 N–H and O–H groups in total. The van der Waals surface area contributed by atoms with Gasteiger partial charge in [0.25, 0.3) is 5.91 Å². The summed E-state index contributed by atoms with van der Waals surface area (Å²) < 4.78 is 5.55. The van der Waals surface area contributed by atoms with Gasteiger partial charge in [-0.2, -0.15) is 0 Å². The summed E-state index contributed by atoms with van der Waals surface area (Å²) in [5, 5.41) is 3.55. The maximum atomic E-state index is 12.5. The van der Waals surface area contributed by atoms with Gasteiger partial charge in [0.1, 0.15) is 6.10 Å². The molecule has 162 valence electrons. The number of piperidine rings is 1. The van der Waals surface area contributed by atoms with Crippen molar-refractivity contribution in [3.63, 3.8) is 0 Å². The average molecular weight is 507 g/mol. The molecule has 28 heavy (non-hydrogen) atoms. The van der Waals surface area contributed by atoms with Crippen molar-refractivity contribution < 1.29 is 9.53 Å². The fourth-order valence-electron chi connectivity index (χ4n) is 4.28. The predicted octanol–water partition coefficient (Wildman–Crippen LogP) is 1.62. The molecule has 8 heteroatoms. The Balaban J connectivity index is 0.00000280. The van der Waals surface area contributed by atoms with Gasteiger partial charge >= 0.3 is 0 Å². The molecular weight excluding hydrogens is 469 g/mol. The smallest absolute Gasteiger partial charge is 0.251 e. The first kappa shape index (κ1) is 23.7. The molecule has 0 aromatic heterocycles. The summed E-state index contributed by atoms with van der Waals surface area (Å²) in [5.41, 5.74) is 0. The summed E-state index contributed by atoms with van der Waals surface area (Å²) in [6, 6.07) is 0.511. The number of likely N-dealkylation sites (tertiary alicyclic amines) is 1. The normalized spacial score (nSPS) is 26.1. The van der Waals surface area contributed by atoms with Gasteiger partial charge in [0.05, 0.1) is 0 Å². The summed E-state index contributed by atoms with van der Waals surface area (Å²) in [6.07, 6.45) is 4.28. The van der Waals surface area contributed by atoms with Crippen LogP contribution in [-0.2, 0) is 9.53 Å². The monoisotopic (exact) mass is 507 g/mol. The zero-order valence-corrected chi connectivity index (χ0v) is 20.1. The maximum Gasteiger partial charge on any atom is 0.251 e. The zero-order chi connectivity index (χ0) is 19.2. The third kappa shape index (κ3) is 6.19. The summed E-state index contributed by atoms with van der Waals surface area (Å²) >= 11 is 0. The highest BCUT2D eigenvalue weighted by Gasteiger charge is 2.31. The number of halogens is 1. The average Bonchev–Trinajstić information content (AvgIpc) is 3.23. The van der Waals surface area contributed by atoms with Crippen LogP contribution >= 0.6 is 24.0 Å². The van der Waals surface area contributed by atoms with Crippen LogP contribution in [0.3, 0.4) is 0 Å². The van der Waals surface area contributed by atoms with Crippen LogP contribution in [0.1, 0.15) is 39.5 Å². The topological polar surface area (TPSA) is 60.4 Å². The molecule has 1 amide bonds. The Morgan fingerprint density at radius 3 is 2.32 bits per heavy atom. The number of rotatable bonds is 4. The molecule has 3 aliphatic rings.